The monoisotopic (exact) mass is 282 g/mol. The second kappa shape index (κ2) is 8.58. The lowest BCUT2D eigenvalue weighted by Crippen LogP contribution is -2.39. The van der Waals surface area contributed by atoms with Crippen LogP contribution in [0.1, 0.15) is 39.4 Å². The molecule has 0 radical (unpaired) electrons. The molecule has 6 nitrogen and oxygen atoms in total. The van der Waals surface area contributed by atoms with Gasteiger partial charge in [0.05, 0.1) is 12.6 Å². The first kappa shape index (κ1) is 16.5. The van der Waals surface area contributed by atoms with Crippen LogP contribution in [0.15, 0.2) is 12.4 Å². The molecule has 1 aromatic heterocycles. The standard InChI is InChI=1S/C14H26N4O2/c1-4-5-12(19)8-16-14(20)17-9-13-15-6-7-18(13)10-11(2)3/h6-7,11-12,19H,4-5,8-10H2,1-3H3,(H2,16,17,20). The third-order valence-electron chi connectivity index (χ3n) is 2.89. The van der Waals surface area contributed by atoms with Crippen molar-refractivity contribution in [3.8, 4) is 0 Å². The van der Waals surface area contributed by atoms with E-state index in [-0.39, 0.29) is 12.6 Å². The van der Waals surface area contributed by atoms with Crippen LogP contribution in [0.5, 0.6) is 0 Å². The van der Waals surface area contributed by atoms with Crippen molar-refractivity contribution < 1.29 is 9.90 Å². The predicted octanol–water partition coefficient (Wildman–Crippen LogP) is 1.50. The number of aliphatic hydroxyl groups excluding tert-OH is 1. The van der Waals surface area contributed by atoms with E-state index in [4.69, 9.17) is 0 Å². The maximum absolute atomic E-state index is 11.6. The molecule has 6 heteroatoms. The number of aromatic nitrogens is 2. The Morgan fingerprint density at radius 2 is 2.20 bits per heavy atom. The highest BCUT2D eigenvalue weighted by Crippen LogP contribution is 2.03. The van der Waals surface area contributed by atoms with Gasteiger partial charge in [0.1, 0.15) is 5.82 Å². The van der Waals surface area contributed by atoms with Crippen LogP contribution in [-0.2, 0) is 13.1 Å². The summed E-state index contributed by atoms with van der Waals surface area (Å²) in [6, 6.07) is -0.278. The fraction of sp³-hybridized carbons (Fsp3) is 0.714. The molecule has 0 aliphatic heterocycles. The van der Waals surface area contributed by atoms with Gasteiger partial charge in [-0.3, -0.25) is 0 Å². The van der Waals surface area contributed by atoms with Crippen molar-refractivity contribution in [2.45, 2.75) is 52.8 Å². The number of hydrogen-bond donors (Lipinski definition) is 3. The molecule has 1 aromatic rings. The van der Waals surface area contributed by atoms with Crippen molar-refractivity contribution >= 4 is 6.03 Å². The summed E-state index contributed by atoms with van der Waals surface area (Å²) in [7, 11) is 0. The fourth-order valence-electron chi connectivity index (χ4n) is 1.93. The molecule has 0 aliphatic carbocycles. The van der Waals surface area contributed by atoms with E-state index in [2.05, 4.69) is 29.5 Å². The SMILES string of the molecule is CCCC(O)CNC(=O)NCc1nccn1CC(C)C. The molecule has 2 amide bonds. The number of nitrogens with zero attached hydrogens (tertiary/aromatic N) is 2. The molecule has 0 aromatic carbocycles. The number of aliphatic hydroxyl groups is 1. The van der Waals surface area contributed by atoms with Crippen LogP contribution in [-0.4, -0.2) is 33.3 Å². The van der Waals surface area contributed by atoms with Gasteiger partial charge in [0.25, 0.3) is 0 Å². The third-order valence-corrected chi connectivity index (χ3v) is 2.89. The van der Waals surface area contributed by atoms with E-state index in [0.29, 0.717) is 18.9 Å². The molecule has 3 N–H and O–H groups in total. The smallest absolute Gasteiger partial charge is 0.315 e. The molecule has 1 rings (SSSR count). The number of carbonyl (C=O) groups excluding carboxylic acids is 1. The first-order valence-electron chi connectivity index (χ1n) is 7.22. The molecule has 20 heavy (non-hydrogen) atoms. The van der Waals surface area contributed by atoms with Gasteiger partial charge in [0.15, 0.2) is 0 Å². The quantitative estimate of drug-likeness (QED) is 0.676. The van der Waals surface area contributed by atoms with Gasteiger partial charge in [-0.2, -0.15) is 0 Å². The second-order valence-corrected chi connectivity index (χ2v) is 5.40. The summed E-state index contributed by atoms with van der Waals surface area (Å²) in [5.41, 5.74) is 0. The van der Waals surface area contributed by atoms with Gasteiger partial charge in [-0.05, 0) is 12.3 Å². The van der Waals surface area contributed by atoms with Crippen LogP contribution in [0.4, 0.5) is 4.79 Å². The lowest BCUT2D eigenvalue weighted by atomic mass is 10.2. The Labute approximate surface area is 120 Å². The van der Waals surface area contributed by atoms with Gasteiger partial charge in [-0.1, -0.05) is 27.2 Å². The van der Waals surface area contributed by atoms with Gasteiger partial charge in [-0.15, -0.1) is 0 Å². The number of imidazole rings is 1. The summed E-state index contributed by atoms with van der Waals surface area (Å²) in [5, 5.41) is 14.9. The zero-order valence-electron chi connectivity index (χ0n) is 12.6. The Hall–Kier alpha value is -1.56. The Bertz CT molecular complexity index is 404. The number of nitrogens with one attached hydrogen (secondary N) is 2. The number of hydrogen-bond acceptors (Lipinski definition) is 3. The molecule has 1 heterocycles. The number of carbonyl (C=O) groups is 1. The fourth-order valence-corrected chi connectivity index (χ4v) is 1.93. The zero-order chi connectivity index (χ0) is 15.0. The molecule has 0 aliphatic rings. The van der Waals surface area contributed by atoms with Crippen LogP contribution >= 0.6 is 0 Å². The highest BCUT2D eigenvalue weighted by molar-refractivity contribution is 5.73. The number of rotatable bonds is 8. The summed E-state index contributed by atoms with van der Waals surface area (Å²) < 4.78 is 2.04. The normalized spacial score (nSPS) is 12.4. The first-order chi connectivity index (χ1) is 9.52. The Kier molecular flexibility index (Phi) is 7.08. The maximum Gasteiger partial charge on any atom is 0.315 e. The summed E-state index contributed by atoms with van der Waals surface area (Å²) in [4.78, 5) is 15.8. The Morgan fingerprint density at radius 1 is 1.45 bits per heavy atom. The minimum Gasteiger partial charge on any atom is -0.391 e. The largest absolute Gasteiger partial charge is 0.391 e. The Balaban J connectivity index is 2.32. The van der Waals surface area contributed by atoms with Crippen LogP contribution in [0.2, 0.25) is 0 Å². The van der Waals surface area contributed by atoms with E-state index in [1.807, 2.05) is 17.7 Å². The third kappa shape index (κ3) is 6.06. The lowest BCUT2D eigenvalue weighted by Gasteiger charge is -2.13. The van der Waals surface area contributed by atoms with Crippen LogP contribution in [0, 0.1) is 5.92 Å². The van der Waals surface area contributed by atoms with Crippen LogP contribution in [0.3, 0.4) is 0 Å². The Morgan fingerprint density at radius 3 is 2.85 bits per heavy atom. The van der Waals surface area contributed by atoms with E-state index in [9.17, 15) is 9.90 Å². The highest BCUT2D eigenvalue weighted by Gasteiger charge is 2.08. The molecule has 1 atom stereocenters. The molecule has 1 unspecified atom stereocenters. The molecule has 0 spiro atoms. The van der Waals surface area contributed by atoms with Crippen molar-refractivity contribution in [2.24, 2.45) is 5.92 Å². The van der Waals surface area contributed by atoms with E-state index in [1.165, 1.54) is 0 Å². The molecule has 114 valence electrons. The van der Waals surface area contributed by atoms with E-state index in [0.717, 1.165) is 18.8 Å². The van der Waals surface area contributed by atoms with Crippen molar-refractivity contribution in [1.29, 1.82) is 0 Å². The average Bonchev–Trinajstić information content (AvgIpc) is 2.81. The second-order valence-electron chi connectivity index (χ2n) is 5.40. The van der Waals surface area contributed by atoms with Crippen molar-refractivity contribution in [3.63, 3.8) is 0 Å². The zero-order valence-corrected chi connectivity index (χ0v) is 12.6. The topological polar surface area (TPSA) is 79.2 Å². The first-order valence-corrected chi connectivity index (χ1v) is 7.22. The van der Waals surface area contributed by atoms with E-state index < -0.39 is 6.10 Å². The summed E-state index contributed by atoms with van der Waals surface area (Å²) >= 11 is 0. The van der Waals surface area contributed by atoms with Gasteiger partial charge < -0.3 is 20.3 Å². The molecular weight excluding hydrogens is 256 g/mol. The van der Waals surface area contributed by atoms with Crippen molar-refractivity contribution in [2.75, 3.05) is 6.54 Å². The molecule has 0 bridgehead atoms. The molecule has 0 fully saturated rings. The van der Waals surface area contributed by atoms with Crippen molar-refractivity contribution in [1.82, 2.24) is 20.2 Å². The minimum atomic E-state index is -0.478. The lowest BCUT2D eigenvalue weighted by molar-refractivity contribution is 0.160. The van der Waals surface area contributed by atoms with E-state index in [1.54, 1.807) is 6.20 Å². The van der Waals surface area contributed by atoms with Crippen LogP contribution < -0.4 is 10.6 Å². The molecular formula is C14H26N4O2. The minimum absolute atomic E-state index is 0.278. The summed E-state index contributed by atoms with van der Waals surface area (Å²) in [5.74, 6) is 1.36. The summed E-state index contributed by atoms with van der Waals surface area (Å²) in [6.45, 7) is 7.82. The number of amides is 2. The van der Waals surface area contributed by atoms with Gasteiger partial charge in [0.2, 0.25) is 0 Å². The molecule has 0 saturated heterocycles. The molecule has 0 saturated carbocycles. The van der Waals surface area contributed by atoms with Gasteiger partial charge in [0, 0.05) is 25.5 Å². The average molecular weight is 282 g/mol. The summed E-state index contributed by atoms with van der Waals surface area (Å²) in [6.07, 6.45) is 4.77. The maximum atomic E-state index is 11.6. The van der Waals surface area contributed by atoms with E-state index >= 15 is 0 Å². The predicted molar refractivity (Wildman–Crippen MR) is 78.2 cm³/mol. The van der Waals surface area contributed by atoms with Crippen molar-refractivity contribution in [3.05, 3.63) is 18.2 Å². The van der Waals surface area contributed by atoms with Gasteiger partial charge in [-0.25, -0.2) is 9.78 Å². The highest BCUT2D eigenvalue weighted by atomic mass is 16.3. The van der Waals surface area contributed by atoms with Gasteiger partial charge >= 0.3 is 6.03 Å². The number of urea groups is 1. The van der Waals surface area contributed by atoms with Crippen LogP contribution in [0.25, 0.3) is 0 Å².